The van der Waals surface area contributed by atoms with Crippen LogP contribution in [0.3, 0.4) is 0 Å². The lowest BCUT2D eigenvalue weighted by atomic mass is 10.1. The Bertz CT molecular complexity index is 1030. The van der Waals surface area contributed by atoms with Gasteiger partial charge in [0.2, 0.25) is 0 Å². The van der Waals surface area contributed by atoms with Crippen LogP contribution in [0.25, 0.3) is 0 Å². The summed E-state index contributed by atoms with van der Waals surface area (Å²) in [6, 6.07) is 16.2. The van der Waals surface area contributed by atoms with Gasteiger partial charge in [0, 0.05) is 30.3 Å². The lowest BCUT2D eigenvalue weighted by Gasteiger charge is -2.37. The van der Waals surface area contributed by atoms with Crippen LogP contribution < -0.4 is 10.6 Å². The molecule has 3 atom stereocenters. The third-order valence-corrected chi connectivity index (χ3v) is 7.82. The molecule has 2 amide bonds. The smallest absolute Gasteiger partial charge is 0.254 e. The van der Waals surface area contributed by atoms with Crippen molar-refractivity contribution in [1.29, 1.82) is 0 Å². The molecular weight excluding hydrogens is 426 g/mol. The monoisotopic (exact) mass is 461 g/mol. The summed E-state index contributed by atoms with van der Waals surface area (Å²) >= 11 is 0. The third-order valence-electron chi connectivity index (χ3n) is 7.82. The van der Waals surface area contributed by atoms with Gasteiger partial charge in [-0.15, -0.1) is 0 Å². The summed E-state index contributed by atoms with van der Waals surface area (Å²) in [4.78, 5) is 27.7. The number of amides is 2. The maximum atomic E-state index is 13.1. The molecule has 2 fully saturated rings. The molecule has 1 saturated carbocycles. The molecule has 1 spiro atoms. The number of ether oxygens (including phenoxy) is 1. The van der Waals surface area contributed by atoms with Crippen LogP contribution in [-0.2, 0) is 17.6 Å². The highest BCUT2D eigenvalue weighted by Crippen LogP contribution is 2.50. The number of benzene rings is 2. The first-order chi connectivity index (χ1) is 16.5. The van der Waals surface area contributed by atoms with Crippen molar-refractivity contribution in [3.63, 3.8) is 0 Å². The SMILES string of the molecule is CC1CC12COCCN2C(=O)c1ccc(C(=O)NC[C@@H](C)CNC2Cc3ccccc3C2)cc1. The lowest BCUT2D eigenvalue weighted by molar-refractivity contribution is -0.0167. The Kier molecular flexibility index (Phi) is 6.45. The van der Waals surface area contributed by atoms with E-state index in [0.29, 0.717) is 55.3 Å². The van der Waals surface area contributed by atoms with Crippen LogP contribution in [0.5, 0.6) is 0 Å². The highest BCUT2D eigenvalue weighted by molar-refractivity contribution is 5.98. The zero-order chi connectivity index (χ0) is 23.7. The van der Waals surface area contributed by atoms with Crippen molar-refractivity contribution in [2.75, 3.05) is 32.8 Å². The predicted molar refractivity (Wildman–Crippen MR) is 132 cm³/mol. The second-order valence-electron chi connectivity index (χ2n) is 10.4. The summed E-state index contributed by atoms with van der Waals surface area (Å²) in [6.45, 7) is 7.64. The van der Waals surface area contributed by atoms with Gasteiger partial charge >= 0.3 is 0 Å². The Labute approximate surface area is 202 Å². The Morgan fingerprint density at radius 2 is 1.71 bits per heavy atom. The van der Waals surface area contributed by atoms with E-state index in [1.165, 1.54) is 11.1 Å². The lowest BCUT2D eigenvalue weighted by Crippen LogP contribution is -2.51. The first-order valence-corrected chi connectivity index (χ1v) is 12.5. The molecular formula is C28H35N3O3. The van der Waals surface area contributed by atoms with Gasteiger partial charge in [0.25, 0.3) is 11.8 Å². The van der Waals surface area contributed by atoms with E-state index < -0.39 is 0 Å². The molecule has 6 heteroatoms. The summed E-state index contributed by atoms with van der Waals surface area (Å²) in [7, 11) is 0. The number of nitrogens with one attached hydrogen (secondary N) is 2. The molecule has 1 saturated heterocycles. The van der Waals surface area contributed by atoms with E-state index in [4.69, 9.17) is 4.74 Å². The van der Waals surface area contributed by atoms with Crippen LogP contribution in [-0.4, -0.2) is 61.1 Å². The maximum Gasteiger partial charge on any atom is 0.254 e. The van der Waals surface area contributed by atoms with Crippen LogP contribution in [0.4, 0.5) is 0 Å². The van der Waals surface area contributed by atoms with E-state index in [1.54, 1.807) is 24.3 Å². The number of fused-ring (bicyclic) bond motifs is 1. The molecule has 3 aliphatic rings. The highest BCUT2D eigenvalue weighted by atomic mass is 16.5. The molecule has 6 nitrogen and oxygen atoms in total. The van der Waals surface area contributed by atoms with Crippen molar-refractivity contribution in [1.82, 2.24) is 15.5 Å². The highest BCUT2D eigenvalue weighted by Gasteiger charge is 2.58. The summed E-state index contributed by atoms with van der Waals surface area (Å²) < 4.78 is 5.64. The second-order valence-corrected chi connectivity index (χ2v) is 10.4. The first kappa shape index (κ1) is 23.1. The van der Waals surface area contributed by atoms with Crippen LogP contribution >= 0.6 is 0 Å². The van der Waals surface area contributed by atoms with Gasteiger partial charge in [0.05, 0.1) is 18.8 Å². The van der Waals surface area contributed by atoms with Crippen LogP contribution in [0.1, 0.15) is 52.1 Å². The number of carbonyl (C=O) groups excluding carboxylic acids is 2. The maximum absolute atomic E-state index is 13.1. The minimum atomic E-state index is -0.128. The summed E-state index contributed by atoms with van der Waals surface area (Å²) in [6.07, 6.45) is 3.15. The van der Waals surface area contributed by atoms with Gasteiger partial charge in [0.1, 0.15) is 0 Å². The zero-order valence-electron chi connectivity index (χ0n) is 20.2. The number of rotatable bonds is 7. The average Bonchev–Trinajstić information content (AvgIpc) is 3.29. The topological polar surface area (TPSA) is 70.7 Å². The Morgan fingerprint density at radius 1 is 1.06 bits per heavy atom. The van der Waals surface area contributed by atoms with Crippen LogP contribution in [0, 0.1) is 11.8 Å². The summed E-state index contributed by atoms with van der Waals surface area (Å²) in [5.74, 6) is 0.736. The van der Waals surface area contributed by atoms with E-state index in [9.17, 15) is 9.59 Å². The molecule has 180 valence electrons. The fourth-order valence-corrected chi connectivity index (χ4v) is 5.49. The first-order valence-electron chi connectivity index (χ1n) is 12.5. The van der Waals surface area contributed by atoms with Gasteiger partial charge in [-0.2, -0.15) is 0 Å². The largest absolute Gasteiger partial charge is 0.377 e. The minimum Gasteiger partial charge on any atom is -0.377 e. The molecule has 1 heterocycles. The number of hydrogen-bond donors (Lipinski definition) is 2. The molecule has 0 bridgehead atoms. The minimum absolute atomic E-state index is 0.0355. The molecule has 1 aliphatic heterocycles. The molecule has 0 aromatic heterocycles. The van der Waals surface area contributed by atoms with Crippen molar-refractivity contribution >= 4 is 11.8 Å². The molecule has 2 aliphatic carbocycles. The van der Waals surface area contributed by atoms with Crippen LogP contribution in [0.15, 0.2) is 48.5 Å². The van der Waals surface area contributed by atoms with Crippen molar-refractivity contribution in [3.8, 4) is 0 Å². The Morgan fingerprint density at radius 3 is 2.35 bits per heavy atom. The van der Waals surface area contributed by atoms with Gasteiger partial charge in [0.15, 0.2) is 0 Å². The van der Waals surface area contributed by atoms with E-state index in [-0.39, 0.29) is 17.4 Å². The van der Waals surface area contributed by atoms with Crippen molar-refractivity contribution in [3.05, 3.63) is 70.8 Å². The summed E-state index contributed by atoms with van der Waals surface area (Å²) in [5.41, 5.74) is 3.97. The van der Waals surface area contributed by atoms with Gasteiger partial charge in [-0.25, -0.2) is 0 Å². The molecule has 2 unspecified atom stereocenters. The van der Waals surface area contributed by atoms with Crippen molar-refractivity contribution in [2.24, 2.45) is 11.8 Å². The van der Waals surface area contributed by atoms with Gasteiger partial charge in [-0.3, -0.25) is 9.59 Å². The number of morpholine rings is 1. The zero-order valence-corrected chi connectivity index (χ0v) is 20.2. The van der Waals surface area contributed by atoms with E-state index in [2.05, 4.69) is 48.7 Å². The number of nitrogens with zero attached hydrogens (tertiary/aromatic N) is 1. The average molecular weight is 462 g/mol. The fourth-order valence-electron chi connectivity index (χ4n) is 5.49. The molecule has 2 aromatic rings. The molecule has 34 heavy (non-hydrogen) atoms. The molecule has 2 aromatic carbocycles. The Balaban J connectivity index is 1.08. The third kappa shape index (κ3) is 4.62. The quantitative estimate of drug-likeness (QED) is 0.665. The van der Waals surface area contributed by atoms with E-state index in [0.717, 1.165) is 25.8 Å². The Hall–Kier alpha value is -2.70. The normalized spacial score (nSPS) is 24.6. The molecule has 0 radical (unpaired) electrons. The van der Waals surface area contributed by atoms with Crippen molar-refractivity contribution < 1.29 is 14.3 Å². The molecule has 2 N–H and O–H groups in total. The van der Waals surface area contributed by atoms with Crippen molar-refractivity contribution in [2.45, 2.75) is 44.7 Å². The van der Waals surface area contributed by atoms with Crippen LogP contribution in [0.2, 0.25) is 0 Å². The van der Waals surface area contributed by atoms with Gasteiger partial charge in [-0.05, 0) is 73.0 Å². The fraction of sp³-hybridized carbons (Fsp3) is 0.500. The summed E-state index contributed by atoms with van der Waals surface area (Å²) in [5, 5.41) is 6.70. The molecule has 5 rings (SSSR count). The standard InChI is InChI=1S/C28H35N3O3/c1-19(16-29-25-13-23-5-3-4-6-24(23)14-25)17-30-26(32)21-7-9-22(10-8-21)27(33)31-11-12-34-18-28(31)15-20(28)2/h3-10,19-20,25,29H,11-18H2,1-2H3,(H,30,32)/t19-,20?,28?/m0/s1. The van der Waals surface area contributed by atoms with Gasteiger partial charge < -0.3 is 20.3 Å². The number of hydrogen-bond acceptors (Lipinski definition) is 4. The number of carbonyl (C=O) groups is 2. The van der Waals surface area contributed by atoms with E-state index >= 15 is 0 Å². The predicted octanol–water partition coefficient (Wildman–Crippen LogP) is 3.06. The second kappa shape index (κ2) is 9.51. The van der Waals surface area contributed by atoms with Gasteiger partial charge in [-0.1, -0.05) is 38.1 Å². The van der Waals surface area contributed by atoms with E-state index in [1.807, 2.05) is 4.90 Å².